The van der Waals surface area contributed by atoms with E-state index >= 15 is 0 Å². The van der Waals surface area contributed by atoms with Crippen molar-refractivity contribution in [3.05, 3.63) is 29.6 Å². The molecule has 0 amide bonds. The predicted octanol–water partition coefficient (Wildman–Crippen LogP) is 4.48. The van der Waals surface area contributed by atoms with Crippen LogP contribution >= 0.6 is 0 Å². The number of halogens is 4. The van der Waals surface area contributed by atoms with Crippen LogP contribution in [0, 0.1) is 11.7 Å². The number of hydrogen-bond donors (Lipinski definition) is 0. The lowest BCUT2D eigenvalue weighted by molar-refractivity contribution is -0.274. The van der Waals surface area contributed by atoms with Crippen molar-refractivity contribution in [2.45, 2.75) is 33.1 Å². The normalized spacial score (nSPS) is 13.9. The van der Waals surface area contributed by atoms with Crippen molar-refractivity contribution in [3.8, 4) is 5.75 Å². The van der Waals surface area contributed by atoms with Crippen molar-refractivity contribution in [3.63, 3.8) is 0 Å². The fourth-order valence-corrected chi connectivity index (χ4v) is 1.43. The van der Waals surface area contributed by atoms with Crippen LogP contribution in [0.1, 0.15) is 32.3 Å². The van der Waals surface area contributed by atoms with Crippen LogP contribution in [0.5, 0.6) is 5.75 Å². The third-order valence-corrected chi connectivity index (χ3v) is 2.69. The molecule has 17 heavy (non-hydrogen) atoms. The lowest BCUT2D eigenvalue weighted by Crippen LogP contribution is -2.17. The summed E-state index contributed by atoms with van der Waals surface area (Å²) in [4.78, 5) is 0. The van der Waals surface area contributed by atoms with Crippen LogP contribution in [-0.4, -0.2) is 6.36 Å². The maximum Gasteiger partial charge on any atom is 0.573 e. The molecule has 0 radical (unpaired) electrons. The van der Waals surface area contributed by atoms with Gasteiger partial charge in [0.2, 0.25) is 0 Å². The highest BCUT2D eigenvalue weighted by Crippen LogP contribution is 2.31. The van der Waals surface area contributed by atoms with E-state index in [1.165, 1.54) is 0 Å². The van der Waals surface area contributed by atoms with E-state index in [0.717, 1.165) is 18.2 Å². The van der Waals surface area contributed by atoms with Gasteiger partial charge in [0, 0.05) is 0 Å². The highest BCUT2D eigenvalue weighted by Gasteiger charge is 2.31. The molecule has 0 aliphatic carbocycles. The van der Waals surface area contributed by atoms with Crippen LogP contribution in [0.3, 0.4) is 0 Å². The molecule has 0 fully saturated rings. The number of alkyl halides is 3. The van der Waals surface area contributed by atoms with Gasteiger partial charge < -0.3 is 4.74 Å². The van der Waals surface area contributed by atoms with Crippen molar-refractivity contribution in [2.75, 3.05) is 0 Å². The molecule has 1 nitrogen and oxygen atoms in total. The van der Waals surface area contributed by atoms with Gasteiger partial charge in [-0.3, -0.25) is 0 Å². The molecule has 1 aromatic carbocycles. The Balaban J connectivity index is 3.02. The standard InChI is InChI=1S/C12H14F4O/c1-7(2)8(3)10-6-9(4-5-11(10)13)17-12(14,15)16/h4-8H,1-3H3/t8-/m0/s1. The zero-order valence-electron chi connectivity index (χ0n) is 9.81. The third kappa shape index (κ3) is 3.91. The van der Waals surface area contributed by atoms with Crippen molar-refractivity contribution in [2.24, 2.45) is 5.92 Å². The van der Waals surface area contributed by atoms with Crippen LogP contribution < -0.4 is 4.74 Å². The van der Waals surface area contributed by atoms with Gasteiger partial charge in [0.05, 0.1) is 0 Å². The Morgan fingerprint density at radius 2 is 1.71 bits per heavy atom. The van der Waals surface area contributed by atoms with Crippen molar-refractivity contribution in [1.29, 1.82) is 0 Å². The van der Waals surface area contributed by atoms with Crippen molar-refractivity contribution >= 4 is 0 Å². The Labute approximate surface area is 97.4 Å². The van der Waals surface area contributed by atoms with E-state index in [9.17, 15) is 17.6 Å². The number of benzene rings is 1. The van der Waals surface area contributed by atoms with Crippen LogP contribution in [0.2, 0.25) is 0 Å². The fourth-order valence-electron chi connectivity index (χ4n) is 1.43. The summed E-state index contributed by atoms with van der Waals surface area (Å²) in [5.74, 6) is -0.945. The molecule has 0 aliphatic heterocycles. The van der Waals surface area contributed by atoms with Gasteiger partial charge in [0.25, 0.3) is 0 Å². The Morgan fingerprint density at radius 1 is 1.12 bits per heavy atom. The molecule has 5 heteroatoms. The molecule has 1 rings (SSSR count). The summed E-state index contributed by atoms with van der Waals surface area (Å²) >= 11 is 0. The Bertz CT molecular complexity index is 385. The van der Waals surface area contributed by atoms with E-state index in [0.29, 0.717) is 0 Å². The minimum Gasteiger partial charge on any atom is -0.406 e. The van der Waals surface area contributed by atoms with Crippen LogP contribution in [0.4, 0.5) is 17.6 Å². The van der Waals surface area contributed by atoms with Gasteiger partial charge in [0.1, 0.15) is 11.6 Å². The molecule has 0 saturated heterocycles. The van der Waals surface area contributed by atoms with E-state index < -0.39 is 12.2 Å². The molecular weight excluding hydrogens is 236 g/mol. The monoisotopic (exact) mass is 250 g/mol. The summed E-state index contributed by atoms with van der Waals surface area (Å²) in [5.41, 5.74) is 0.238. The first-order valence-corrected chi connectivity index (χ1v) is 5.26. The van der Waals surface area contributed by atoms with Crippen LogP contribution in [0.15, 0.2) is 18.2 Å². The second-order valence-electron chi connectivity index (χ2n) is 4.26. The second kappa shape index (κ2) is 4.94. The molecule has 0 aliphatic rings. The summed E-state index contributed by atoms with van der Waals surface area (Å²) in [6.45, 7) is 5.52. The summed E-state index contributed by atoms with van der Waals surface area (Å²) in [6, 6.07) is 3.07. The first-order chi connectivity index (χ1) is 7.70. The van der Waals surface area contributed by atoms with Crippen molar-refractivity contribution in [1.82, 2.24) is 0 Å². The van der Waals surface area contributed by atoms with Gasteiger partial charge in [-0.1, -0.05) is 20.8 Å². The molecule has 0 bridgehead atoms. The lowest BCUT2D eigenvalue weighted by atomic mass is 9.90. The number of ether oxygens (including phenoxy) is 1. The summed E-state index contributed by atoms with van der Waals surface area (Å²) in [5, 5.41) is 0. The first-order valence-electron chi connectivity index (χ1n) is 5.26. The van der Waals surface area contributed by atoms with Crippen LogP contribution in [-0.2, 0) is 0 Å². The topological polar surface area (TPSA) is 9.23 Å². The number of rotatable bonds is 3. The molecule has 0 heterocycles. The van der Waals surface area contributed by atoms with Gasteiger partial charge in [-0.2, -0.15) is 0 Å². The minimum atomic E-state index is -4.75. The average Bonchev–Trinajstić information content (AvgIpc) is 2.17. The molecule has 1 aromatic rings. The zero-order valence-corrected chi connectivity index (χ0v) is 9.81. The molecule has 96 valence electrons. The van der Waals surface area contributed by atoms with Crippen LogP contribution in [0.25, 0.3) is 0 Å². The van der Waals surface area contributed by atoms with Gasteiger partial charge in [-0.05, 0) is 35.6 Å². The Hall–Kier alpha value is -1.26. The molecule has 0 aromatic heterocycles. The maximum atomic E-state index is 13.5. The van der Waals surface area contributed by atoms with Gasteiger partial charge in [-0.15, -0.1) is 13.2 Å². The highest BCUT2D eigenvalue weighted by atomic mass is 19.4. The largest absolute Gasteiger partial charge is 0.573 e. The minimum absolute atomic E-state index is 0.130. The molecule has 1 atom stereocenters. The quantitative estimate of drug-likeness (QED) is 0.718. The first kappa shape index (κ1) is 13.8. The Morgan fingerprint density at radius 3 is 2.18 bits per heavy atom. The van der Waals surface area contributed by atoms with E-state index in [1.54, 1.807) is 6.92 Å². The summed E-state index contributed by atoms with van der Waals surface area (Å²) in [6.07, 6.45) is -4.75. The molecule has 0 unspecified atom stereocenters. The molecule has 0 N–H and O–H groups in total. The zero-order chi connectivity index (χ0) is 13.2. The van der Waals surface area contributed by atoms with Gasteiger partial charge in [-0.25, -0.2) is 4.39 Å². The summed E-state index contributed by atoms with van der Waals surface area (Å²) in [7, 11) is 0. The summed E-state index contributed by atoms with van der Waals surface area (Å²) < 4.78 is 53.3. The number of hydrogen-bond acceptors (Lipinski definition) is 1. The van der Waals surface area contributed by atoms with E-state index in [-0.39, 0.29) is 23.1 Å². The van der Waals surface area contributed by atoms with Crippen molar-refractivity contribution < 1.29 is 22.3 Å². The second-order valence-corrected chi connectivity index (χ2v) is 4.26. The molecular formula is C12H14F4O. The maximum absolute atomic E-state index is 13.5. The highest BCUT2D eigenvalue weighted by molar-refractivity contribution is 5.32. The Kier molecular flexibility index (Phi) is 4.01. The molecule has 0 spiro atoms. The average molecular weight is 250 g/mol. The smallest absolute Gasteiger partial charge is 0.406 e. The van der Waals surface area contributed by atoms with E-state index in [4.69, 9.17) is 0 Å². The van der Waals surface area contributed by atoms with Gasteiger partial charge in [0.15, 0.2) is 0 Å². The predicted molar refractivity (Wildman–Crippen MR) is 56.3 cm³/mol. The van der Waals surface area contributed by atoms with E-state index in [1.807, 2.05) is 13.8 Å². The lowest BCUT2D eigenvalue weighted by Gasteiger charge is -2.18. The van der Waals surface area contributed by atoms with Gasteiger partial charge >= 0.3 is 6.36 Å². The third-order valence-electron chi connectivity index (χ3n) is 2.69. The van der Waals surface area contributed by atoms with E-state index in [2.05, 4.69) is 4.74 Å². The SMILES string of the molecule is CC(C)[C@H](C)c1cc(OC(F)(F)F)ccc1F. The fraction of sp³-hybridized carbons (Fsp3) is 0.500. The molecule has 0 saturated carbocycles.